The normalized spacial score (nSPS) is 26.7. The Balaban J connectivity index is 1.92. The molecule has 0 aromatic carbocycles. The molecular weight excluding hydrogens is 514 g/mol. The number of aromatic amines is 1. The molecule has 1 aromatic rings. The Morgan fingerprint density at radius 1 is 1.18 bits per heavy atom. The maximum atomic E-state index is 13.7. The summed E-state index contributed by atoms with van der Waals surface area (Å²) in [6, 6.07) is -0.963. The largest absolute Gasteiger partial charge is 0.466 e. The summed E-state index contributed by atoms with van der Waals surface area (Å²) in [5.41, 5.74) is -2.22. The molecule has 6 atom stereocenters. The Kier molecular flexibility index (Phi) is 9.32. The summed E-state index contributed by atoms with van der Waals surface area (Å²) in [7, 11) is 0. The smallest absolute Gasteiger partial charge is 0.408 e. The number of aromatic nitrogens is 3. The third-order valence-electron chi connectivity index (χ3n) is 6.51. The van der Waals surface area contributed by atoms with Crippen LogP contribution in [0.4, 0.5) is 4.79 Å². The maximum Gasteiger partial charge on any atom is 0.408 e. The molecule has 0 saturated heterocycles. The number of rotatable bonds is 11. The Morgan fingerprint density at radius 2 is 1.87 bits per heavy atom. The van der Waals surface area contributed by atoms with Gasteiger partial charge in [-0.3, -0.25) is 14.7 Å². The van der Waals surface area contributed by atoms with Crippen LogP contribution in [-0.4, -0.2) is 74.8 Å². The van der Waals surface area contributed by atoms with Crippen molar-refractivity contribution in [2.24, 2.45) is 23.7 Å². The van der Waals surface area contributed by atoms with E-state index in [4.69, 9.17) is 14.2 Å². The molecule has 0 radical (unpaired) electrons. The summed E-state index contributed by atoms with van der Waals surface area (Å²) >= 11 is 1.36. The number of hydrogen-bond donors (Lipinski definition) is 3. The molecule has 3 N–H and O–H groups in total. The number of hydrogen-bond acceptors (Lipinski definition) is 10. The van der Waals surface area contributed by atoms with Crippen LogP contribution in [0.1, 0.15) is 61.3 Å². The molecule has 0 bridgehead atoms. The van der Waals surface area contributed by atoms with Gasteiger partial charge in [0.1, 0.15) is 23.5 Å². The summed E-state index contributed by atoms with van der Waals surface area (Å²) in [5, 5.41) is 12.6. The van der Waals surface area contributed by atoms with Crippen LogP contribution >= 0.6 is 11.8 Å². The fraction of sp³-hybridized carbons (Fsp3) is 0.760. The van der Waals surface area contributed by atoms with Crippen molar-refractivity contribution >= 4 is 35.7 Å². The van der Waals surface area contributed by atoms with E-state index in [-0.39, 0.29) is 36.7 Å². The van der Waals surface area contributed by atoms with Crippen molar-refractivity contribution < 1.29 is 33.4 Å². The van der Waals surface area contributed by atoms with E-state index >= 15 is 0 Å². The Labute approximate surface area is 227 Å². The molecule has 2 amide bonds. The molecule has 2 aliphatic rings. The molecule has 0 spiro atoms. The molecule has 13 heteroatoms. The van der Waals surface area contributed by atoms with E-state index in [1.54, 1.807) is 34.6 Å². The van der Waals surface area contributed by atoms with Crippen molar-refractivity contribution in [2.75, 3.05) is 13.2 Å². The quantitative estimate of drug-likeness (QED) is 0.274. The van der Waals surface area contributed by atoms with Gasteiger partial charge in [0.25, 0.3) is 0 Å². The zero-order valence-electron chi connectivity index (χ0n) is 23.0. The summed E-state index contributed by atoms with van der Waals surface area (Å²) in [6.45, 7) is 12.7. The number of amides is 2. The number of nitrogens with one attached hydrogen (secondary N) is 3. The third kappa shape index (κ3) is 6.78. The first-order valence-corrected chi connectivity index (χ1v) is 13.9. The van der Waals surface area contributed by atoms with Gasteiger partial charge in [0.15, 0.2) is 5.16 Å². The minimum atomic E-state index is -1.47. The van der Waals surface area contributed by atoms with Crippen LogP contribution in [0, 0.1) is 23.7 Å². The first-order valence-electron chi connectivity index (χ1n) is 13.0. The predicted molar refractivity (Wildman–Crippen MR) is 138 cm³/mol. The fourth-order valence-electron chi connectivity index (χ4n) is 5.20. The summed E-state index contributed by atoms with van der Waals surface area (Å²) < 4.78 is 16.1. The summed E-state index contributed by atoms with van der Waals surface area (Å²) in [5.74, 6) is -2.87. The average Bonchev–Trinajstić information content (AvgIpc) is 3.19. The lowest BCUT2D eigenvalue weighted by Gasteiger charge is -2.34. The number of fused-ring (bicyclic) bond motifs is 1. The molecule has 38 heavy (non-hydrogen) atoms. The molecule has 1 aromatic heterocycles. The number of alkyl carbamates (subject to hydrolysis) is 1. The molecule has 2 fully saturated rings. The van der Waals surface area contributed by atoms with E-state index in [2.05, 4.69) is 25.8 Å². The molecule has 2 aliphatic carbocycles. The van der Waals surface area contributed by atoms with Gasteiger partial charge in [-0.2, -0.15) is 5.10 Å². The zero-order valence-corrected chi connectivity index (χ0v) is 23.8. The van der Waals surface area contributed by atoms with Crippen LogP contribution in [0.25, 0.3) is 0 Å². The van der Waals surface area contributed by atoms with E-state index in [0.717, 1.165) is 0 Å². The van der Waals surface area contributed by atoms with Crippen LogP contribution < -0.4 is 10.6 Å². The molecule has 12 nitrogen and oxygen atoms in total. The fourth-order valence-corrected chi connectivity index (χ4v) is 6.54. The SMILES string of the molecule is CCOC(=O)[C@H]1[C@H]2[C@@H]1[C@](NC(=O)[C@H](CC(C)C)NC(=O)OC(C)(C)C)(C(=O)OCC)C[C@H]2Sc1ncn[nH]1. The van der Waals surface area contributed by atoms with Crippen molar-refractivity contribution in [2.45, 2.75) is 88.9 Å². The van der Waals surface area contributed by atoms with Crippen molar-refractivity contribution in [1.82, 2.24) is 25.8 Å². The molecule has 3 rings (SSSR count). The van der Waals surface area contributed by atoms with Gasteiger partial charge in [0.2, 0.25) is 5.91 Å². The van der Waals surface area contributed by atoms with E-state index in [0.29, 0.717) is 11.6 Å². The van der Waals surface area contributed by atoms with Gasteiger partial charge in [-0.1, -0.05) is 25.6 Å². The highest BCUT2D eigenvalue weighted by Crippen LogP contribution is 2.66. The molecule has 0 aliphatic heterocycles. The van der Waals surface area contributed by atoms with E-state index in [1.165, 1.54) is 18.1 Å². The number of esters is 2. The number of nitrogens with zero attached hydrogens (tertiary/aromatic N) is 2. The first kappa shape index (κ1) is 29.7. The Bertz CT molecular complexity index is 1010. The number of carbonyl (C=O) groups excluding carboxylic acids is 4. The number of thioether (sulfide) groups is 1. The zero-order chi connectivity index (χ0) is 28.3. The van der Waals surface area contributed by atoms with E-state index < -0.39 is 53.0 Å². The molecule has 0 unspecified atom stereocenters. The van der Waals surface area contributed by atoms with E-state index in [9.17, 15) is 19.2 Å². The van der Waals surface area contributed by atoms with Crippen LogP contribution in [-0.2, 0) is 28.6 Å². The average molecular weight is 554 g/mol. The van der Waals surface area contributed by atoms with Gasteiger partial charge in [-0.15, -0.1) is 0 Å². The third-order valence-corrected chi connectivity index (χ3v) is 7.72. The van der Waals surface area contributed by atoms with Crippen LogP contribution in [0.15, 0.2) is 11.5 Å². The Hall–Kier alpha value is -2.83. The minimum absolute atomic E-state index is 0.0542. The van der Waals surface area contributed by atoms with Crippen molar-refractivity contribution in [1.29, 1.82) is 0 Å². The second kappa shape index (κ2) is 11.9. The van der Waals surface area contributed by atoms with Crippen molar-refractivity contribution in [3.63, 3.8) is 0 Å². The topological polar surface area (TPSA) is 162 Å². The van der Waals surface area contributed by atoms with Crippen LogP contribution in [0.2, 0.25) is 0 Å². The maximum absolute atomic E-state index is 13.7. The van der Waals surface area contributed by atoms with Gasteiger partial charge < -0.3 is 24.8 Å². The highest BCUT2D eigenvalue weighted by molar-refractivity contribution is 7.99. The lowest BCUT2D eigenvalue weighted by Crippen LogP contribution is -2.61. The number of ether oxygens (including phenoxy) is 3. The van der Waals surface area contributed by atoms with E-state index in [1.807, 2.05) is 13.8 Å². The van der Waals surface area contributed by atoms with Gasteiger partial charge in [0.05, 0.1) is 19.1 Å². The highest BCUT2D eigenvalue weighted by atomic mass is 32.2. The van der Waals surface area contributed by atoms with Gasteiger partial charge in [0, 0.05) is 11.2 Å². The second-order valence-electron chi connectivity index (χ2n) is 11.0. The van der Waals surface area contributed by atoms with Crippen molar-refractivity contribution in [3.05, 3.63) is 6.33 Å². The van der Waals surface area contributed by atoms with Crippen molar-refractivity contribution in [3.8, 4) is 0 Å². The molecular formula is C25H39N5O7S. The minimum Gasteiger partial charge on any atom is -0.466 e. The summed E-state index contributed by atoms with van der Waals surface area (Å²) in [6.07, 6.45) is 1.18. The molecule has 212 valence electrons. The van der Waals surface area contributed by atoms with Crippen LogP contribution in [0.5, 0.6) is 0 Å². The Morgan fingerprint density at radius 3 is 2.42 bits per heavy atom. The number of H-pyrrole nitrogens is 1. The predicted octanol–water partition coefficient (Wildman–Crippen LogP) is 2.45. The lowest BCUT2D eigenvalue weighted by molar-refractivity contribution is -0.156. The molecule has 2 saturated carbocycles. The van der Waals surface area contributed by atoms with Gasteiger partial charge in [-0.05, 0) is 59.3 Å². The molecule has 1 heterocycles. The van der Waals surface area contributed by atoms with Gasteiger partial charge in [-0.25, -0.2) is 14.6 Å². The number of carbonyl (C=O) groups is 4. The highest BCUT2D eigenvalue weighted by Gasteiger charge is 2.76. The monoisotopic (exact) mass is 553 g/mol. The van der Waals surface area contributed by atoms with Gasteiger partial charge >= 0.3 is 18.0 Å². The standard InChI is InChI=1S/C25H39N5O7S/c1-8-35-20(32)17-16-15(38-22-26-12-27-30-22)11-25(18(16)17,21(33)36-9-2)29-19(31)14(10-13(3)4)28-23(34)37-24(5,6)7/h12-18H,8-11H2,1-7H3,(H,28,34)(H,29,31)(H,26,27,30)/t14-,15+,16-,17-,18-,25-/m0/s1. The lowest BCUT2D eigenvalue weighted by atomic mass is 9.89. The second-order valence-corrected chi connectivity index (χ2v) is 12.3. The first-order chi connectivity index (χ1) is 17.8. The summed E-state index contributed by atoms with van der Waals surface area (Å²) in [4.78, 5) is 56.8. The van der Waals surface area contributed by atoms with Crippen LogP contribution in [0.3, 0.4) is 0 Å².